The van der Waals surface area contributed by atoms with Gasteiger partial charge in [-0.1, -0.05) is 125 Å². The molecule has 0 amide bonds. The zero-order chi connectivity index (χ0) is 33.2. The maximum Gasteiger partial charge on any atom is 0.0406 e. The van der Waals surface area contributed by atoms with Crippen LogP contribution in [-0.2, 0) is 26.2 Å². The van der Waals surface area contributed by atoms with Crippen molar-refractivity contribution in [1.82, 2.24) is 9.80 Å². The first-order chi connectivity index (χ1) is 22.7. The number of halogens is 4. The van der Waals surface area contributed by atoms with Crippen LogP contribution in [0.4, 0.5) is 0 Å². The van der Waals surface area contributed by atoms with Gasteiger partial charge in [0.15, 0.2) is 0 Å². The summed E-state index contributed by atoms with van der Waals surface area (Å²) in [5.74, 6) is 0. The van der Waals surface area contributed by atoms with Gasteiger partial charge in [0.25, 0.3) is 0 Å². The number of hydrogen-bond donors (Lipinski definition) is 0. The van der Waals surface area contributed by atoms with Crippen molar-refractivity contribution < 1.29 is 0 Å². The third-order valence-electron chi connectivity index (χ3n) is 8.49. The molecule has 0 unspecified atom stereocenters. The van der Waals surface area contributed by atoms with E-state index in [0.29, 0.717) is 0 Å². The number of hydrogen-bond acceptors (Lipinski definition) is 2. The van der Waals surface area contributed by atoms with Crippen LogP contribution in [0.15, 0.2) is 121 Å². The molecule has 0 fully saturated rings. The first kappa shape index (κ1) is 35.2. The second-order valence-electron chi connectivity index (χ2n) is 12.2. The van der Waals surface area contributed by atoms with Gasteiger partial charge < -0.3 is 0 Å². The second-order valence-corrected chi connectivity index (χ2v) is 13.9. The maximum atomic E-state index is 6.27. The number of benzene rings is 5. The minimum atomic E-state index is 0.140. The van der Waals surface area contributed by atoms with E-state index in [-0.39, 0.29) is 6.04 Å². The van der Waals surface area contributed by atoms with Crippen LogP contribution in [0.2, 0.25) is 20.1 Å². The van der Waals surface area contributed by atoms with Crippen molar-refractivity contribution in [3.63, 3.8) is 0 Å². The fourth-order valence-corrected chi connectivity index (χ4v) is 6.16. The Kier molecular flexibility index (Phi) is 13.0. The van der Waals surface area contributed by atoms with E-state index in [9.17, 15) is 0 Å². The Bertz CT molecular complexity index is 1640. The van der Waals surface area contributed by atoms with E-state index in [2.05, 4.69) is 103 Å². The Balaban J connectivity index is 1.46. The quantitative estimate of drug-likeness (QED) is 0.114. The predicted molar refractivity (Wildman–Crippen MR) is 203 cm³/mol. The average Bonchev–Trinajstić information content (AvgIpc) is 3.06. The molecule has 5 aromatic rings. The minimum Gasteiger partial charge on any atom is -0.295 e. The van der Waals surface area contributed by atoms with Gasteiger partial charge in [-0.3, -0.25) is 9.80 Å². The Morgan fingerprint density at radius 1 is 0.511 bits per heavy atom. The van der Waals surface area contributed by atoms with E-state index in [1.165, 1.54) is 38.9 Å². The van der Waals surface area contributed by atoms with Crippen molar-refractivity contribution in [3.05, 3.63) is 180 Å². The molecule has 0 aliphatic rings. The molecule has 1 atom stereocenters. The lowest BCUT2D eigenvalue weighted by molar-refractivity contribution is 0.171. The summed E-state index contributed by atoms with van der Waals surface area (Å²) in [6, 6.07) is 39.5. The minimum absolute atomic E-state index is 0.140. The molecule has 0 aliphatic carbocycles. The van der Waals surface area contributed by atoms with Crippen LogP contribution in [0.1, 0.15) is 45.4 Å². The summed E-state index contributed by atoms with van der Waals surface area (Å²) in [6.45, 7) is 8.37. The average molecular weight is 703 g/mol. The van der Waals surface area contributed by atoms with Crippen LogP contribution in [0.25, 0.3) is 6.08 Å². The second kappa shape index (κ2) is 17.4. The van der Waals surface area contributed by atoms with Crippen molar-refractivity contribution in [1.29, 1.82) is 0 Å². The van der Waals surface area contributed by atoms with Crippen LogP contribution < -0.4 is 0 Å². The number of rotatable bonds is 14. The molecule has 0 aromatic heterocycles. The normalized spacial score (nSPS) is 12.3. The van der Waals surface area contributed by atoms with Gasteiger partial charge in [-0.05, 0) is 108 Å². The highest BCUT2D eigenvalue weighted by Gasteiger charge is 2.20. The summed E-state index contributed by atoms with van der Waals surface area (Å²) in [6.07, 6.45) is 5.57. The highest BCUT2D eigenvalue weighted by molar-refractivity contribution is 6.31. The van der Waals surface area contributed by atoms with E-state index in [1.54, 1.807) is 0 Å². The van der Waals surface area contributed by atoms with Gasteiger partial charge in [0, 0.05) is 58.9 Å². The summed E-state index contributed by atoms with van der Waals surface area (Å²) in [4.78, 5) is 5.05. The van der Waals surface area contributed by atoms with Crippen LogP contribution in [0, 0.1) is 13.8 Å². The van der Waals surface area contributed by atoms with E-state index >= 15 is 0 Å². The van der Waals surface area contributed by atoms with Crippen molar-refractivity contribution in [2.75, 3.05) is 6.54 Å². The fraction of sp³-hybridized carbons (Fsp3) is 0.220. The molecule has 2 nitrogen and oxygen atoms in total. The van der Waals surface area contributed by atoms with E-state index in [1.807, 2.05) is 48.5 Å². The maximum absolute atomic E-state index is 6.27. The smallest absolute Gasteiger partial charge is 0.0406 e. The first-order valence-electron chi connectivity index (χ1n) is 15.9. The molecule has 0 bridgehead atoms. The lowest BCUT2D eigenvalue weighted by atomic mass is 10.0. The lowest BCUT2D eigenvalue weighted by Crippen LogP contribution is -2.36. The molecule has 6 heteroatoms. The molecule has 0 heterocycles. The first-order valence-corrected chi connectivity index (χ1v) is 17.4. The van der Waals surface area contributed by atoms with Gasteiger partial charge in [-0.15, -0.1) is 0 Å². The van der Waals surface area contributed by atoms with Gasteiger partial charge in [0.05, 0.1) is 0 Å². The number of nitrogens with zero attached hydrogens (tertiary/aromatic N) is 2. The summed E-state index contributed by atoms with van der Waals surface area (Å²) in [5, 5.41) is 2.97. The van der Waals surface area contributed by atoms with E-state index in [0.717, 1.165) is 59.2 Å². The Morgan fingerprint density at radius 3 is 1.32 bits per heavy atom. The molecule has 47 heavy (non-hydrogen) atoms. The molecular formula is C41H40Cl4N2. The molecule has 242 valence electrons. The van der Waals surface area contributed by atoms with Crippen molar-refractivity contribution in [3.8, 4) is 0 Å². The van der Waals surface area contributed by atoms with Gasteiger partial charge in [0.2, 0.25) is 0 Å². The van der Waals surface area contributed by atoms with Gasteiger partial charge in [-0.2, -0.15) is 0 Å². The third kappa shape index (κ3) is 11.3. The van der Waals surface area contributed by atoms with E-state index < -0.39 is 0 Å². The highest BCUT2D eigenvalue weighted by atomic mass is 35.5. The van der Waals surface area contributed by atoms with E-state index in [4.69, 9.17) is 46.4 Å². The fourth-order valence-electron chi connectivity index (χ4n) is 5.65. The molecule has 0 spiro atoms. The highest BCUT2D eigenvalue weighted by Crippen LogP contribution is 2.23. The topological polar surface area (TPSA) is 6.48 Å². The SMILES string of the molecule is Cc1ccc(/C=C/[C@H](CCN(Cc2ccc(Cl)cc2)Cc2ccc(Cl)cc2)N(Cc2ccc(Cl)cc2)Cc2ccc(Cl)cc2)cc1C. The molecule has 0 saturated carbocycles. The summed E-state index contributed by atoms with van der Waals surface area (Å²) >= 11 is 25.0. The largest absolute Gasteiger partial charge is 0.295 e. The molecule has 5 rings (SSSR count). The Morgan fingerprint density at radius 2 is 0.915 bits per heavy atom. The predicted octanol–water partition coefficient (Wildman–Crippen LogP) is 12.1. The van der Waals surface area contributed by atoms with Crippen LogP contribution in [-0.4, -0.2) is 22.4 Å². The van der Waals surface area contributed by atoms with Crippen LogP contribution in [0.3, 0.4) is 0 Å². The Labute approximate surface area is 300 Å². The van der Waals surface area contributed by atoms with Gasteiger partial charge in [-0.25, -0.2) is 0 Å². The van der Waals surface area contributed by atoms with Crippen molar-refractivity contribution >= 4 is 52.5 Å². The van der Waals surface area contributed by atoms with Gasteiger partial charge >= 0.3 is 0 Å². The Hall–Kier alpha value is -3.08. The molecule has 0 radical (unpaired) electrons. The summed E-state index contributed by atoms with van der Waals surface area (Å²) in [7, 11) is 0. The third-order valence-corrected chi connectivity index (χ3v) is 9.50. The summed E-state index contributed by atoms with van der Waals surface area (Å²) < 4.78 is 0. The molecule has 0 saturated heterocycles. The van der Waals surface area contributed by atoms with Crippen LogP contribution >= 0.6 is 46.4 Å². The van der Waals surface area contributed by atoms with Gasteiger partial charge in [0.1, 0.15) is 0 Å². The summed E-state index contributed by atoms with van der Waals surface area (Å²) in [5.41, 5.74) is 8.68. The lowest BCUT2D eigenvalue weighted by Gasteiger charge is -2.32. The molecule has 5 aromatic carbocycles. The van der Waals surface area contributed by atoms with Crippen molar-refractivity contribution in [2.24, 2.45) is 0 Å². The molecule has 0 aliphatic heterocycles. The zero-order valence-corrected chi connectivity index (χ0v) is 29.9. The zero-order valence-electron chi connectivity index (χ0n) is 26.9. The molecule has 0 N–H and O–H groups in total. The van der Waals surface area contributed by atoms with Crippen molar-refractivity contribution in [2.45, 2.75) is 52.5 Å². The molecular weight excluding hydrogens is 662 g/mol. The number of aryl methyl sites for hydroxylation is 2. The van der Waals surface area contributed by atoms with Crippen LogP contribution in [0.5, 0.6) is 0 Å². The standard InChI is InChI=1S/C41H40Cl4N2/c1-30-3-4-32(25-31(30)2)13-22-41(47(28-35-9-18-39(44)19-10-35)29-36-11-20-40(45)21-12-36)23-24-46(26-33-5-14-37(42)15-6-33)27-34-7-16-38(43)17-8-34/h3-22,25,41H,23-24,26-29H2,1-2H3/b22-13+/t41-/m1/s1. The monoisotopic (exact) mass is 700 g/mol.